The molecule has 2 aliphatic rings. The van der Waals surface area contributed by atoms with Crippen LogP contribution in [0.15, 0.2) is 78.9 Å². The number of hydrogen-bond donors (Lipinski definition) is 3. The number of nitrogens with one attached hydrogen (secondary N) is 3. The molecule has 7 nitrogen and oxygen atoms in total. The van der Waals surface area contributed by atoms with Gasteiger partial charge in [-0.15, -0.1) is 0 Å². The molecule has 1 unspecified atom stereocenters. The van der Waals surface area contributed by atoms with Crippen LogP contribution in [0.25, 0.3) is 10.9 Å². The molecule has 1 fully saturated rings. The molecule has 2 heterocycles. The van der Waals surface area contributed by atoms with Crippen LogP contribution in [0.5, 0.6) is 5.75 Å². The molecule has 0 bridgehead atoms. The molecule has 0 radical (unpaired) electrons. The summed E-state index contributed by atoms with van der Waals surface area (Å²) in [6.07, 6.45) is 7.04. The van der Waals surface area contributed by atoms with Crippen LogP contribution in [0.1, 0.15) is 60.5 Å². The van der Waals surface area contributed by atoms with E-state index in [-0.39, 0.29) is 17.9 Å². The molecular weight excluding hydrogens is 536 g/mol. The molecule has 1 aromatic heterocycles. The summed E-state index contributed by atoms with van der Waals surface area (Å²) < 4.78 is 5.94. The van der Waals surface area contributed by atoms with Crippen LogP contribution in [0, 0.1) is 5.92 Å². The molecule has 1 aliphatic heterocycles. The van der Waals surface area contributed by atoms with E-state index >= 15 is 0 Å². The molecule has 0 spiro atoms. The Hall–Kier alpha value is -4.10. The minimum absolute atomic E-state index is 0.0960. The van der Waals surface area contributed by atoms with Crippen molar-refractivity contribution < 1.29 is 14.3 Å². The summed E-state index contributed by atoms with van der Waals surface area (Å²) in [5.74, 6) is 1.00. The number of aromatic amines is 1. The Morgan fingerprint density at radius 2 is 1.63 bits per heavy atom. The van der Waals surface area contributed by atoms with Gasteiger partial charge in [0.1, 0.15) is 18.4 Å². The first kappa shape index (κ1) is 29.0. The molecule has 3 aromatic carbocycles. The predicted octanol–water partition coefficient (Wildman–Crippen LogP) is 5.70. The SMILES string of the molecule is CN(C)C(=O)C(Cc1ccc(OCc2ccccc2)cc1)NC(=O)[C@H]1Cc2c([nH]c3ccccc23)[C@@H](C2CCCCC2)N1. The zero-order valence-corrected chi connectivity index (χ0v) is 25.1. The van der Waals surface area contributed by atoms with Gasteiger partial charge >= 0.3 is 0 Å². The molecule has 3 atom stereocenters. The lowest BCUT2D eigenvalue weighted by molar-refractivity contribution is -0.135. The molecule has 1 saturated carbocycles. The quantitative estimate of drug-likeness (QED) is 0.238. The number of fused-ring (bicyclic) bond motifs is 3. The van der Waals surface area contributed by atoms with E-state index in [1.54, 1.807) is 19.0 Å². The summed E-state index contributed by atoms with van der Waals surface area (Å²) in [6, 6.07) is 25.2. The maximum Gasteiger partial charge on any atom is 0.244 e. The van der Waals surface area contributed by atoms with Crippen molar-refractivity contribution in [1.29, 1.82) is 0 Å². The first-order valence-electron chi connectivity index (χ1n) is 15.6. The Balaban J connectivity index is 1.18. The van der Waals surface area contributed by atoms with Gasteiger partial charge < -0.3 is 19.9 Å². The summed E-state index contributed by atoms with van der Waals surface area (Å²) >= 11 is 0. The fourth-order valence-corrected chi connectivity index (χ4v) is 6.76. The second-order valence-electron chi connectivity index (χ2n) is 12.3. The van der Waals surface area contributed by atoms with E-state index < -0.39 is 12.1 Å². The smallest absolute Gasteiger partial charge is 0.244 e. The van der Waals surface area contributed by atoms with Crippen LogP contribution >= 0.6 is 0 Å². The van der Waals surface area contributed by atoms with Crippen LogP contribution in [0.3, 0.4) is 0 Å². The van der Waals surface area contributed by atoms with Crippen LogP contribution < -0.4 is 15.4 Å². The van der Waals surface area contributed by atoms with Gasteiger partial charge in [0, 0.05) is 37.1 Å². The van der Waals surface area contributed by atoms with Gasteiger partial charge in [0.25, 0.3) is 0 Å². The van der Waals surface area contributed by atoms with Gasteiger partial charge in [-0.25, -0.2) is 0 Å². The average Bonchev–Trinajstić information content (AvgIpc) is 3.43. The van der Waals surface area contributed by atoms with Gasteiger partial charge in [-0.2, -0.15) is 0 Å². The molecule has 2 amide bonds. The van der Waals surface area contributed by atoms with E-state index in [4.69, 9.17) is 4.74 Å². The van der Waals surface area contributed by atoms with Gasteiger partial charge in [-0.1, -0.05) is 79.9 Å². The zero-order chi connectivity index (χ0) is 29.8. The number of rotatable bonds is 9. The number of ether oxygens (including phenoxy) is 1. The van der Waals surface area contributed by atoms with Crippen molar-refractivity contribution in [3.8, 4) is 5.75 Å². The molecule has 0 saturated heterocycles. The van der Waals surface area contributed by atoms with Crippen LogP contribution in [0.2, 0.25) is 0 Å². The maximum atomic E-state index is 13.9. The molecule has 7 heteroatoms. The fraction of sp³-hybridized carbons (Fsp3) is 0.389. The van der Waals surface area contributed by atoms with Crippen LogP contribution in [-0.4, -0.2) is 47.9 Å². The fourth-order valence-electron chi connectivity index (χ4n) is 6.76. The van der Waals surface area contributed by atoms with Crippen molar-refractivity contribution in [3.05, 3.63) is 101 Å². The van der Waals surface area contributed by atoms with Crippen molar-refractivity contribution >= 4 is 22.7 Å². The number of carbonyl (C=O) groups excluding carboxylic acids is 2. The summed E-state index contributed by atoms with van der Waals surface area (Å²) in [6.45, 7) is 0.492. The zero-order valence-electron chi connectivity index (χ0n) is 25.1. The number of H-pyrrole nitrogens is 1. The highest BCUT2D eigenvalue weighted by Crippen LogP contribution is 2.40. The third kappa shape index (κ3) is 6.62. The lowest BCUT2D eigenvalue weighted by atomic mass is 9.79. The number of amides is 2. The van der Waals surface area contributed by atoms with E-state index in [2.05, 4.69) is 39.9 Å². The van der Waals surface area contributed by atoms with E-state index in [1.807, 2.05) is 54.6 Å². The second-order valence-corrected chi connectivity index (χ2v) is 12.3. The number of aromatic nitrogens is 1. The molecule has 4 aromatic rings. The number of benzene rings is 3. The Morgan fingerprint density at radius 3 is 2.37 bits per heavy atom. The topological polar surface area (TPSA) is 86.5 Å². The molecular formula is C36H42N4O3. The monoisotopic (exact) mass is 578 g/mol. The van der Waals surface area contributed by atoms with Gasteiger partial charge in [0.2, 0.25) is 11.8 Å². The van der Waals surface area contributed by atoms with E-state index in [0.717, 1.165) is 35.2 Å². The third-order valence-corrected chi connectivity index (χ3v) is 9.05. The molecule has 43 heavy (non-hydrogen) atoms. The Kier molecular flexibility index (Phi) is 8.79. The highest BCUT2D eigenvalue weighted by molar-refractivity contribution is 5.92. The van der Waals surface area contributed by atoms with Crippen molar-refractivity contribution in [2.75, 3.05) is 14.1 Å². The number of likely N-dealkylation sites (N-methyl/N-ethyl adjacent to an activating group) is 1. The van der Waals surface area contributed by atoms with Gasteiger partial charge in [-0.05, 0) is 60.1 Å². The Morgan fingerprint density at radius 1 is 0.907 bits per heavy atom. The van der Waals surface area contributed by atoms with E-state index in [0.29, 0.717) is 25.4 Å². The van der Waals surface area contributed by atoms with Crippen LogP contribution in [-0.2, 0) is 29.0 Å². The molecule has 224 valence electrons. The van der Waals surface area contributed by atoms with Crippen molar-refractivity contribution in [2.24, 2.45) is 5.92 Å². The Bertz CT molecular complexity index is 1540. The molecule has 6 rings (SSSR count). The van der Waals surface area contributed by atoms with E-state index in [1.165, 1.54) is 35.9 Å². The normalized spacial score (nSPS) is 19.4. The van der Waals surface area contributed by atoms with Crippen molar-refractivity contribution in [1.82, 2.24) is 20.5 Å². The summed E-state index contributed by atoms with van der Waals surface area (Å²) in [5.41, 5.74) is 5.64. The van der Waals surface area contributed by atoms with Crippen molar-refractivity contribution in [3.63, 3.8) is 0 Å². The number of para-hydroxylation sites is 1. The molecule has 3 N–H and O–H groups in total. The third-order valence-electron chi connectivity index (χ3n) is 9.05. The number of hydrogen-bond acceptors (Lipinski definition) is 4. The highest BCUT2D eigenvalue weighted by Gasteiger charge is 2.38. The summed E-state index contributed by atoms with van der Waals surface area (Å²) in [5, 5.41) is 8.05. The first-order valence-corrected chi connectivity index (χ1v) is 15.6. The maximum absolute atomic E-state index is 13.9. The standard InChI is InChI=1S/C36H42N4O3/c1-40(2)36(42)32(21-24-17-19-27(20-18-24)43-23-25-11-5-3-6-12-25)39-35(41)31-22-29-28-15-9-10-16-30(28)37-34(29)33(38-31)26-13-7-4-8-14-26/h3,5-6,9-12,15-20,26,31-33,37-38H,4,7-8,13-14,21-23H2,1-2H3,(H,39,41)/t31-,32?,33-/m1/s1. The molecule has 1 aliphatic carbocycles. The minimum Gasteiger partial charge on any atom is -0.489 e. The van der Waals surface area contributed by atoms with Gasteiger partial charge in [0.05, 0.1) is 12.1 Å². The second kappa shape index (κ2) is 13.0. The Labute approximate surface area is 254 Å². The lowest BCUT2D eigenvalue weighted by Gasteiger charge is -2.37. The number of nitrogens with zero attached hydrogens (tertiary/aromatic N) is 1. The predicted molar refractivity (Wildman–Crippen MR) is 170 cm³/mol. The van der Waals surface area contributed by atoms with E-state index in [9.17, 15) is 9.59 Å². The summed E-state index contributed by atoms with van der Waals surface area (Å²) in [7, 11) is 3.47. The summed E-state index contributed by atoms with van der Waals surface area (Å²) in [4.78, 5) is 32.5. The van der Waals surface area contributed by atoms with Gasteiger partial charge in [-0.3, -0.25) is 14.9 Å². The average molecular weight is 579 g/mol. The van der Waals surface area contributed by atoms with Crippen LogP contribution in [0.4, 0.5) is 0 Å². The van der Waals surface area contributed by atoms with Gasteiger partial charge in [0.15, 0.2) is 0 Å². The van der Waals surface area contributed by atoms with Crippen molar-refractivity contribution in [2.45, 2.75) is 69.7 Å². The largest absolute Gasteiger partial charge is 0.489 e. The highest BCUT2D eigenvalue weighted by atomic mass is 16.5. The number of carbonyl (C=O) groups is 2. The minimum atomic E-state index is -0.669. The lowest BCUT2D eigenvalue weighted by Crippen LogP contribution is -2.56. The first-order chi connectivity index (χ1) is 21.0.